The van der Waals surface area contributed by atoms with Gasteiger partial charge in [-0.2, -0.15) is 0 Å². The van der Waals surface area contributed by atoms with Gasteiger partial charge in [-0.1, -0.05) is 42.5 Å². The van der Waals surface area contributed by atoms with Gasteiger partial charge in [0.1, 0.15) is 5.75 Å². The number of carbonyl (C=O) groups excluding carboxylic acids is 1. The Morgan fingerprint density at radius 1 is 1.24 bits per heavy atom. The van der Waals surface area contributed by atoms with Crippen LogP contribution in [-0.2, 0) is 4.79 Å². The summed E-state index contributed by atoms with van der Waals surface area (Å²) in [5.74, 6) is -2.06. The number of nitrogens with zero attached hydrogens (tertiary/aromatic N) is 2. The molecule has 1 aromatic heterocycles. The van der Waals surface area contributed by atoms with E-state index < -0.39 is 5.92 Å². The lowest BCUT2D eigenvalue weighted by Gasteiger charge is -2.12. The molecule has 1 aliphatic rings. The van der Waals surface area contributed by atoms with Gasteiger partial charge >= 0.3 is 0 Å². The fraction of sp³-hybridized carbons (Fsp3) is 0.320. The van der Waals surface area contributed by atoms with Gasteiger partial charge < -0.3 is 15.4 Å². The lowest BCUT2D eigenvalue weighted by atomic mass is 10.1. The van der Waals surface area contributed by atoms with E-state index in [1.54, 1.807) is 10.7 Å². The number of para-hydroxylation sites is 1. The summed E-state index contributed by atoms with van der Waals surface area (Å²) >= 11 is 5.14. The van der Waals surface area contributed by atoms with Crippen molar-refractivity contribution in [2.75, 3.05) is 18.5 Å². The van der Waals surface area contributed by atoms with E-state index in [4.69, 9.17) is 17.0 Å². The highest BCUT2D eigenvalue weighted by Crippen LogP contribution is 2.29. The van der Waals surface area contributed by atoms with Crippen molar-refractivity contribution in [2.45, 2.75) is 32.1 Å². The van der Waals surface area contributed by atoms with Crippen molar-refractivity contribution in [1.82, 2.24) is 15.1 Å². The quantitative estimate of drug-likeness (QED) is 0.322. The van der Waals surface area contributed by atoms with Gasteiger partial charge in [0.2, 0.25) is 11.8 Å². The Labute approximate surface area is 202 Å². The zero-order valence-corrected chi connectivity index (χ0v) is 19.6. The number of amides is 1. The predicted octanol–water partition coefficient (Wildman–Crippen LogP) is 5.23. The van der Waals surface area contributed by atoms with Gasteiger partial charge in [-0.15, -0.1) is 5.10 Å². The monoisotopic (exact) mass is 484 g/mol. The van der Waals surface area contributed by atoms with Gasteiger partial charge in [0.05, 0.1) is 28.9 Å². The summed E-state index contributed by atoms with van der Waals surface area (Å²) in [5.41, 5.74) is 2.41. The number of thiocarbonyl (C=S) groups is 1. The van der Waals surface area contributed by atoms with Crippen molar-refractivity contribution in [2.24, 2.45) is 5.92 Å². The standard InChI is InChI=1S/C25H26F2N4O2S/c1-25(26,27)11-6-12-33-20-10-5-7-17(13-20)21-15-22(29-24(32)18-14-23(34)28-16-18)30-31(21)19-8-3-2-4-9-19/h2-5,7-10,13,15,18H,6,11-12,14,16H2,1H3,(H,28,34)(H,29,30,32)/t18-/m0/s1. The van der Waals surface area contributed by atoms with Crippen LogP contribution < -0.4 is 15.4 Å². The van der Waals surface area contributed by atoms with Crippen LogP contribution in [0.5, 0.6) is 5.75 Å². The predicted molar refractivity (Wildman–Crippen MR) is 132 cm³/mol. The molecule has 1 amide bonds. The first-order chi connectivity index (χ1) is 16.3. The molecule has 2 heterocycles. The molecule has 1 saturated heterocycles. The van der Waals surface area contributed by atoms with E-state index in [1.165, 1.54) is 0 Å². The van der Waals surface area contributed by atoms with Gasteiger partial charge in [-0.3, -0.25) is 4.79 Å². The number of halogens is 2. The molecule has 1 aliphatic heterocycles. The summed E-state index contributed by atoms with van der Waals surface area (Å²) in [6.45, 7) is 1.62. The SMILES string of the molecule is CC(F)(F)CCCOc1cccc(-c2cc(NC(=O)[C@@H]3CNC(=S)C3)nn2-c2ccccc2)c1. The number of ether oxygens (including phenoxy) is 1. The van der Waals surface area contributed by atoms with Crippen molar-refractivity contribution in [3.63, 3.8) is 0 Å². The molecule has 0 radical (unpaired) electrons. The van der Waals surface area contributed by atoms with Crippen molar-refractivity contribution in [1.29, 1.82) is 0 Å². The number of hydrogen-bond acceptors (Lipinski definition) is 4. The second-order valence-electron chi connectivity index (χ2n) is 8.41. The van der Waals surface area contributed by atoms with E-state index in [-0.39, 0.29) is 31.3 Å². The normalized spacial score (nSPS) is 15.7. The summed E-state index contributed by atoms with van der Waals surface area (Å²) < 4.78 is 33.5. The summed E-state index contributed by atoms with van der Waals surface area (Å²) in [6.07, 6.45) is 0.555. The molecule has 0 aliphatic carbocycles. The molecule has 6 nitrogen and oxygen atoms in total. The molecule has 178 valence electrons. The van der Waals surface area contributed by atoms with E-state index in [0.717, 1.165) is 23.9 Å². The molecule has 34 heavy (non-hydrogen) atoms. The fourth-order valence-corrected chi connectivity index (χ4v) is 4.04. The minimum Gasteiger partial charge on any atom is -0.494 e. The Hall–Kier alpha value is -3.33. The van der Waals surface area contributed by atoms with Crippen LogP contribution in [0.2, 0.25) is 0 Å². The second-order valence-corrected chi connectivity index (χ2v) is 8.90. The minimum atomic E-state index is -2.70. The van der Waals surface area contributed by atoms with Crippen LogP contribution in [0.3, 0.4) is 0 Å². The maximum Gasteiger partial charge on any atom is 0.245 e. The highest BCUT2D eigenvalue weighted by atomic mass is 32.1. The Morgan fingerprint density at radius 2 is 2.03 bits per heavy atom. The Bertz CT molecular complexity index is 1160. The topological polar surface area (TPSA) is 68.2 Å². The highest BCUT2D eigenvalue weighted by molar-refractivity contribution is 7.80. The Balaban J connectivity index is 1.56. The first-order valence-corrected chi connectivity index (χ1v) is 11.5. The average molecular weight is 485 g/mol. The first kappa shape index (κ1) is 23.8. The van der Waals surface area contributed by atoms with Crippen LogP contribution in [0, 0.1) is 5.92 Å². The summed E-state index contributed by atoms with van der Waals surface area (Å²) in [6, 6.07) is 18.8. The summed E-state index contributed by atoms with van der Waals surface area (Å²) in [4.78, 5) is 13.4. The maximum atomic E-state index is 13.0. The molecular weight excluding hydrogens is 458 g/mol. The number of carbonyl (C=O) groups is 1. The smallest absolute Gasteiger partial charge is 0.245 e. The van der Waals surface area contributed by atoms with E-state index in [9.17, 15) is 13.6 Å². The van der Waals surface area contributed by atoms with E-state index in [1.807, 2.05) is 54.6 Å². The number of benzene rings is 2. The molecule has 0 unspecified atom stereocenters. The van der Waals surface area contributed by atoms with Crippen LogP contribution in [0.4, 0.5) is 14.6 Å². The van der Waals surface area contributed by atoms with Crippen molar-refractivity contribution < 1.29 is 18.3 Å². The zero-order valence-electron chi connectivity index (χ0n) is 18.8. The summed E-state index contributed by atoms with van der Waals surface area (Å²) in [5, 5.41) is 10.6. The van der Waals surface area contributed by atoms with Crippen LogP contribution in [0.1, 0.15) is 26.2 Å². The average Bonchev–Trinajstić information content (AvgIpc) is 3.43. The van der Waals surface area contributed by atoms with Gasteiger partial charge in [0, 0.05) is 31.0 Å². The molecule has 1 atom stereocenters. The molecule has 0 spiro atoms. The van der Waals surface area contributed by atoms with Gasteiger partial charge in [0.25, 0.3) is 0 Å². The molecule has 0 bridgehead atoms. The third kappa shape index (κ3) is 6.17. The molecule has 2 aromatic carbocycles. The Morgan fingerprint density at radius 3 is 2.74 bits per heavy atom. The molecule has 0 saturated carbocycles. The molecule has 2 N–H and O–H groups in total. The van der Waals surface area contributed by atoms with Gasteiger partial charge in [-0.05, 0) is 37.6 Å². The lowest BCUT2D eigenvalue weighted by molar-refractivity contribution is -0.119. The van der Waals surface area contributed by atoms with Gasteiger partial charge in [-0.25, -0.2) is 13.5 Å². The first-order valence-electron chi connectivity index (χ1n) is 11.1. The van der Waals surface area contributed by atoms with Gasteiger partial charge in [0.15, 0.2) is 5.82 Å². The molecule has 9 heteroatoms. The van der Waals surface area contributed by atoms with E-state index >= 15 is 0 Å². The highest BCUT2D eigenvalue weighted by Gasteiger charge is 2.26. The van der Waals surface area contributed by atoms with Crippen molar-refractivity contribution in [3.05, 3.63) is 60.7 Å². The minimum absolute atomic E-state index is 0.138. The number of anilines is 1. The number of rotatable bonds is 9. The molecular formula is C25H26F2N4O2S. The van der Waals surface area contributed by atoms with E-state index in [2.05, 4.69) is 15.7 Å². The number of alkyl halides is 2. The fourth-order valence-electron chi connectivity index (χ4n) is 3.75. The number of nitrogens with one attached hydrogen (secondary N) is 2. The molecule has 3 aromatic rings. The lowest BCUT2D eigenvalue weighted by Crippen LogP contribution is -2.24. The van der Waals surface area contributed by atoms with Crippen LogP contribution >= 0.6 is 12.2 Å². The Kier molecular flexibility index (Phi) is 7.21. The molecule has 1 fully saturated rings. The van der Waals surface area contributed by atoms with Crippen molar-refractivity contribution >= 4 is 28.9 Å². The number of hydrogen-bond donors (Lipinski definition) is 2. The van der Waals surface area contributed by atoms with E-state index in [0.29, 0.717) is 29.5 Å². The van der Waals surface area contributed by atoms with Crippen LogP contribution in [0.25, 0.3) is 16.9 Å². The third-order valence-corrected chi connectivity index (χ3v) is 5.78. The maximum absolute atomic E-state index is 13.0. The largest absolute Gasteiger partial charge is 0.494 e. The summed E-state index contributed by atoms with van der Waals surface area (Å²) in [7, 11) is 0. The van der Waals surface area contributed by atoms with Crippen LogP contribution in [-0.4, -0.2) is 39.8 Å². The zero-order chi connectivity index (χ0) is 24.1. The van der Waals surface area contributed by atoms with Crippen LogP contribution in [0.15, 0.2) is 60.7 Å². The second kappa shape index (κ2) is 10.3. The number of aromatic nitrogens is 2. The third-order valence-electron chi connectivity index (χ3n) is 5.47. The molecule has 4 rings (SSSR count). The van der Waals surface area contributed by atoms with Crippen molar-refractivity contribution in [3.8, 4) is 22.7 Å².